The Hall–Kier alpha value is -2.46. The lowest BCUT2D eigenvalue weighted by molar-refractivity contribution is 0.190. The van der Waals surface area contributed by atoms with E-state index in [0.29, 0.717) is 19.0 Å². The third-order valence-corrected chi connectivity index (χ3v) is 7.01. The van der Waals surface area contributed by atoms with Gasteiger partial charge in [0.1, 0.15) is 5.01 Å². The smallest absolute Gasteiger partial charge is 0.314 e. The Kier molecular flexibility index (Phi) is 4.39. The zero-order chi connectivity index (χ0) is 19.2. The molecular weight excluding hydrogens is 386 g/mol. The van der Waals surface area contributed by atoms with Gasteiger partial charge in [0.05, 0.1) is 16.8 Å². The van der Waals surface area contributed by atoms with Crippen LogP contribution in [0.15, 0.2) is 35.4 Å². The third kappa shape index (κ3) is 3.54. The molecule has 0 unspecified atom stereocenters. The van der Waals surface area contributed by atoms with E-state index in [-0.39, 0.29) is 10.9 Å². The molecule has 27 heavy (non-hydrogen) atoms. The Morgan fingerprint density at radius 1 is 1.22 bits per heavy atom. The summed E-state index contributed by atoms with van der Waals surface area (Å²) in [6.45, 7) is 1.31. The number of urea groups is 1. The van der Waals surface area contributed by atoms with E-state index in [1.165, 1.54) is 6.26 Å². The molecule has 0 atom stereocenters. The number of fused-ring (bicyclic) bond motifs is 1. The number of hydrogen-bond acceptors (Lipinski definition) is 6. The van der Waals surface area contributed by atoms with Crippen molar-refractivity contribution in [2.45, 2.75) is 23.7 Å². The standard InChI is InChI=1S/C17H19N5O3S2/c1-27(24,25)13-4-2-11(3-5-13)14-10-22-17(19-14)26-15(20-22)12-6-8-21(9-7-12)16(18)23/h2-5,10,12H,6-9H2,1H3,(H2,18,23). The molecule has 1 fully saturated rings. The van der Waals surface area contributed by atoms with Gasteiger partial charge in [-0.15, -0.1) is 0 Å². The van der Waals surface area contributed by atoms with Gasteiger partial charge < -0.3 is 10.6 Å². The molecule has 1 saturated heterocycles. The molecular formula is C17H19N5O3S2. The first-order valence-electron chi connectivity index (χ1n) is 8.52. The number of primary amides is 1. The number of hydrogen-bond donors (Lipinski definition) is 1. The van der Waals surface area contributed by atoms with Crippen molar-refractivity contribution in [3.63, 3.8) is 0 Å². The first-order chi connectivity index (χ1) is 12.8. The molecule has 3 aromatic rings. The van der Waals surface area contributed by atoms with E-state index in [1.54, 1.807) is 45.0 Å². The molecule has 1 aromatic carbocycles. The van der Waals surface area contributed by atoms with Crippen LogP contribution in [0.4, 0.5) is 4.79 Å². The number of nitrogens with two attached hydrogens (primary N) is 1. The number of rotatable bonds is 3. The highest BCUT2D eigenvalue weighted by atomic mass is 32.2. The molecule has 142 valence electrons. The molecule has 2 N–H and O–H groups in total. The first kappa shape index (κ1) is 17.9. The number of piperidine rings is 1. The van der Waals surface area contributed by atoms with Crippen LogP contribution in [0.25, 0.3) is 16.2 Å². The van der Waals surface area contributed by atoms with Gasteiger partial charge in [0, 0.05) is 30.8 Å². The van der Waals surface area contributed by atoms with Crippen molar-refractivity contribution in [1.29, 1.82) is 0 Å². The first-order valence-corrected chi connectivity index (χ1v) is 11.2. The van der Waals surface area contributed by atoms with Crippen LogP contribution in [0.3, 0.4) is 0 Å². The zero-order valence-corrected chi connectivity index (χ0v) is 16.3. The maximum Gasteiger partial charge on any atom is 0.314 e. The highest BCUT2D eigenvalue weighted by Gasteiger charge is 2.25. The fraction of sp³-hybridized carbons (Fsp3) is 0.353. The molecule has 4 rings (SSSR count). The van der Waals surface area contributed by atoms with Crippen molar-refractivity contribution in [3.8, 4) is 11.3 Å². The SMILES string of the molecule is CS(=O)(=O)c1ccc(-c2cn3nc(C4CCN(C(N)=O)CC4)sc3n2)cc1. The normalized spacial score (nSPS) is 16.1. The number of carbonyl (C=O) groups excluding carboxylic acids is 1. The minimum atomic E-state index is -3.21. The van der Waals surface area contributed by atoms with Gasteiger partial charge in [0.15, 0.2) is 9.84 Å². The minimum absolute atomic E-state index is 0.287. The van der Waals surface area contributed by atoms with Gasteiger partial charge in [-0.2, -0.15) is 5.10 Å². The molecule has 2 aromatic heterocycles. The molecule has 3 heterocycles. The molecule has 0 radical (unpaired) electrons. The van der Waals surface area contributed by atoms with Gasteiger partial charge in [0.2, 0.25) is 4.96 Å². The number of carbonyl (C=O) groups is 1. The summed E-state index contributed by atoms with van der Waals surface area (Å²) in [5.41, 5.74) is 6.93. The summed E-state index contributed by atoms with van der Waals surface area (Å²) >= 11 is 1.55. The Morgan fingerprint density at radius 3 is 2.44 bits per heavy atom. The van der Waals surface area contributed by atoms with E-state index < -0.39 is 9.84 Å². The van der Waals surface area contributed by atoms with Crippen molar-refractivity contribution in [1.82, 2.24) is 19.5 Å². The Balaban J connectivity index is 1.53. The van der Waals surface area contributed by atoms with Crippen LogP contribution in [0.5, 0.6) is 0 Å². The topological polar surface area (TPSA) is 111 Å². The summed E-state index contributed by atoms with van der Waals surface area (Å²) in [5.74, 6) is 0.310. The van der Waals surface area contributed by atoms with Crippen molar-refractivity contribution >= 4 is 32.2 Å². The van der Waals surface area contributed by atoms with E-state index in [4.69, 9.17) is 5.73 Å². The molecule has 1 aliphatic heterocycles. The third-order valence-electron chi connectivity index (χ3n) is 4.79. The number of aromatic nitrogens is 3. The van der Waals surface area contributed by atoms with Crippen LogP contribution in [0, 0.1) is 0 Å². The number of amides is 2. The number of benzene rings is 1. The van der Waals surface area contributed by atoms with E-state index >= 15 is 0 Å². The monoisotopic (exact) mass is 405 g/mol. The largest absolute Gasteiger partial charge is 0.351 e. The molecule has 0 saturated carbocycles. The maximum atomic E-state index is 11.6. The number of imidazole rings is 1. The van der Waals surface area contributed by atoms with Crippen molar-refractivity contribution in [3.05, 3.63) is 35.5 Å². The maximum absolute atomic E-state index is 11.6. The Bertz CT molecular complexity index is 1060. The Morgan fingerprint density at radius 2 is 1.89 bits per heavy atom. The highest BCUT2D eigenvalue weighted by molar-refractivity contribution is 7.90. The average Bonchev–Trinajstić information content (AvgIpc) is 3.20. The van der Waals surface area contributed by atoms with Crippen LogP contribution >= 0.6 is 11.3 Å². The molecule has 10 heteroatoms. The molecule has 8 nitrogen and oxygen atoms in total. The molecule has 1 aliphatic rings. The Labute approximate surface area is 160 Å². The second-order valence-electron chi connectivity index (χ2n) is 6.69. The average molecular weight is 406 g/mol. The van der Waals surface area contributed by atoms with Gasteiger partial charge in [-0.25, -0.2) is 22.7 Å². The van der Waals surface area contributed by atoms with Gasteiger partial charge in [0.25, 0.3) is 0 Å². The zero-order valence-electron chi connectivity index (χ0n) is 14.7. The lowest BCUT2D eigenvalue weighted by atomic mass is 9.98. The summed E-state index contributed by atoms with van der Waals surface area (Å²) in [6, 6.07) is 6.31. The summed E-state index contributed by atoms with van der Waals surface area (Å²) in [5, 5.41) is 5.67. The lowest BCUT2D eigenvalue weighted by Gasteiger charge is -2.29. The van der Waals surface area contributed by atoms with E-state index in [1.807, 2.05) is 6.20 Å². The number of sulfone groups is 1. The van der Waals surface area contributed by atoms with Crippen molar-refractivity contribution < 1.29 is 13.2 Å². The number of likely N-dealkylation sites (tertiary alicyclic amines) is 1. The predicted molar refractivity (Wildman–Crippen MR) is 103 cm³/mol. The van der Waals surface area contributed by atoms with Crippen LogP contribution in [0.1, 0.15) is 23.8 Å². The van der Waals surface area contributed by atoms with Crippen LogP contribution < -0.4 is 5.73 Å². The molecule has 0 aliphatic carbocycles. The highest BCUT2D eigenvalue weighted by Crippen LogP contribution is 2.32. The van der Waals surface area contributed by atoms with Crippen LogP contribution in [-0.4, -0.2) is 53.3 Å². The van der Waals surface area contributed by atoms with E-state index in [9.17, 15) is 13.2 Å². The molecule has 0 bridgehead atoms. The van der Waals surface area contributed by atoms with E-state index in [0.717, 1.165) is 34.1 Å². The summed E-state index contributed by atoms with van der Waals surface area (Å²) in [6.07, 6.45) is 4.73. The van der Waals surface area contributed by atoms with E-state index in [2.05, 4.69) is 10.1 Å². The quantitative estimate of drug-likeness (QED) is 0.717. The van der Waals surface area contributed by atoms with Crippen LogP contribution in [0.2, 0.25) is 0 Å². The van der Waals surface area contributed by atoms with Crippen molar-refractivity contribution in [2.75, 3.05) is 19.3 Å². The predicted octanol–water partition coefficient (Wildman–Crippen LogP) is 2.12. The second kappa shape index (κ2) is 6.61. The second-order valence-corrected chi connectivity index (χ2v) is 9.69. The summed E-state index contributed by atoms with van der Waals surface area (Å²) in [7, 11) is -3.21. The van der Waals surface area contributed by atoms with Gasteiger partial charge in [-0.1, -0.05) is 23.5 Å². The van der Waals surface area contributed by atoms with Crippen LogP contribution in [-0.2, 0) is 9.84 Å². The van der Waals surface area contributed by atoms with Gasteiger partial charge in [-0.3, -0.25) is 0 Å². The summed E-state index contributed by atoms with van der Waals surface area (Å²) < 4.78 is 24.9. The van der Waals surface area contributed by atoms with Gasteiger partial charge >= 0.3 is 6.03 Å². The lowest BCUT2D eigenvalue weighted by Crippen LogP contribution is -2.41. The van der Waals surface area contributed by atoms with Crippen molar-refractivity contribution in [2.24, 2.45) is 5.73 Å². The minimum Gasteiger partial charge on any atom is -0.351 e. The summed E-state index contributed by atoms with van der Waals surface area (Å²) in [4.78, 5) is 18.6. The fourth-order valence-electron chi connectivity index (χ4n) is 3.24. The van der Waals surface area contributed by atoms with Gasteiger partial charge in [-0.05, 0) is 25.0 Å². The molecule has 2 amide bonds. The fourth-order valence-corrected chi connectivity index (χ4v) is 4.92. The molecule has 0 spiro atoms. The number of nitrogens with zero attached hydrogens (tertiary/aromatic N) is 4.